The summed E-state index contributed by atoms with van der Waals surface area (Å²) < 4.78 is 1.88. The zero-order valence-corrected chi connectivity index (χ0v) is 10.2. The lowest BCUT2D eigenvalue weighted by molar-refractivity contribution is 0.803. The average Bonchev–Trinajstić information content (AvgIpc) is 2.70. The Balaban J connectivity index is 2.12. The highest BCUT2D eigenvalue weighted by molar-refractivity contribution is 6.35. The molecule has 6 heteroatoms. The lowest BCUT2D eigenvalue weighted by Crippen LogP contribution is -2.05. The molecular weight excluding hydrogens is 250 g/mol. The van der Waals surface area contributed by atoms with Gasteiger partial charge < -0.3 is 10.3 Å². The number of nitrogen functional groups attached to an aromatic ring is 1. The highest BCUT2D eigenvalue weighted by Gasteiger charge is 2.11. The zero-order chi connectivity index (χ0) is 12.5. The van der Waals surface area contributed by atoms with Gasteiger partial charge in [-0.3, -0.25) is 0 Å². The Hall–Kier alpha value is -2.14. The van der Waals surface area contributed by atoms with Crippen molar-refractivity contribution in [2.75, 3.05) is 5.73 Å². The van der Waals surface area contributed by atoms with Crippen LogP contribution in [0.1, 0.15) is 5.69 Å². The van der Waals surface area contributed by atoms with Gasteiger partial charge in [-0.2, -0.15) is 0 Å². The van der Waals surface area contributed by atoms with Crippen LogP contribution in [-0.2, 0) is 6.54 Å². The molecule has 2 heterocycles. The van der Waals surface area contributed by atoms with Crippen LogP contribution < -0.4 is 5.73 Å². The minimum atomic E-state index is 0.428. The summed E-state index contributed by atoms with van der Waals surface area (Å²) in [6.07, 6.45) is 3.21. The van der Waals surface area contributed by atoms with Crippen molar-refractivity contribution in [1.29, 1.82) is 0 Å². The molecule has 0 bridgehead atoms. The molecule has 90 valence electrons. The number of anilines is 1. The Morgan fingerprint density at radius 2 is 2.17 bits per heavy atom. The van der Waals surface area contributed by atoms with Crippen LogP contribution in [-0.4, -0.2) is 19.5 Å². The fraction of sp³-hybridized carbons (Fsp3) is 0.0833. The quantitative estimate of drug-likeness (QED) is 0.765. The number of hydrogen-bond acceptors (Lipinski definition) is 4. The van der Waals surface area contributed by atoms with E-state index in [2.05, 4.69) is 15.0 Å². The first kappa shape index (κ1) is 11.0. The lowest BCUT2D eigenvalue weighted by Gasteiger charge is -2.05. The molecule has 0 amide bonds. The fourth-order valence-corrected chi connectivity index (χ4v) is 2.08. The van der Waals surface area contributed by atoms with Crippen molar-refractivity contribution in [2.45, 2.75) is 6.54 Å². The largest absolute Gasteiger partial charge is 0.369 e. The first-order valence-electron chi connectivity index (χ1n) is 5.41. The van der Waals surface area contributed by atoms with Gasteiger partial charge in [0.15, 0.2) is 0 Å². The van der Waals surface area contributed by atoms with E-state index in [4.69, 9.17) is 17.3 Å². The van der Waals surface area contributed by atoms with Gasteiger partial charge in [-0.05, 0) is 18.2 Å². The summed E-state index contributed by atoms with van der Waals surface area (Å²) in [4.78, 5) is 12.3. The standard InChI is InChI=1S/C12H10ClN5/c13-9-2-1-3-10-11(9)17-12(14)18(10)6-8-4-5-15-7-16-8/h1-5,7H,6H2,(H2,14,17). The van der Waals surface area contributed by atoms with Crippen molar-refractivity contribution < 1.29 is 0 Å². The van der Waals surface area contributed by atoms with Gasteiger partial charge in [0.05, 0.1) is 22.8 Å². The van der Waals surface area contributed by atoms with Crippen molar-refractivity contribution in [3.8, 4) is 0 Å². The SMILES string of the molecule is Nc1nc2c(Cl)cccc2n1Cc1ccncn1. The second-order valence-corrected chi connectivity index (χ2v) is 4.27. The summed E-state index contributed by atoms with van der Waals surface area (Å²) in [5.41, 5.74) is 8.41. The number of nitrogens with two attached hydrogens (primary N) is 1. The number of rotatable bonds is 2. The van der Waals surface area contributed by atoms with E-state index in [0.29, 0.717) is 23.0 Å². The Labute approximate surface area is 108 Å². The lowest BCUT2D eigenvalue weighted by atomic mass is 10.3. The van der Waals surface area contributed by atoms with Gasteiger partial charge in [-0.15, -0.1) is 0 Å². The van der Waals surface area contributed by atoms with E-state index in [1.165, 1.54) is 6.33 Å². The highest BCUT2D eigenvalue weighted by atomic mass is 35.5. The number of imidazole rings is 1. The minimum Gasteiger partial charge on any atom is -0.369 e. The molecule has 0 radical (unpaired) electrons. The maximum Gasteiger partial charge on any atom is 0.201 e. The number of benzene rings is 1. The van der Waals surface area contributed by atoms with Crippen molar-refractivity contribution in [1.82, 2.24) is 19.5 Å². The molecule has 5 nitrogen and oxygen atoms in total. The molecule has 1 aromatic carbocycles. The molecule has 3 aromatic rings. The third-order valence-corrected chi connectivity index (χ3v) is 3.03. The molecule has 0 aliphatic rings. The van der Waals surface area contributed by atoms with Crippen molar-refractivity contribution in [3.63, 3.8) is 0 Å². The molecule has 18 heavy (non-hydrogen) atoms. The number of fused-ring (bicyclic) bond motifs is 1. The monoisotopic (exact) mass is 259 g/mol. The molecule has 0 fully saturated rings. The summed E-state index contributed by atoms with van der Waals surface area (Å²) in [5, 5.41) is 0.598. The smallest absolute Gasteiger partial charge is 0.201 e. The Bertz CT molecular complexity index is 692. The molecule has 0 aliphatic carbocycles. The van der Waals surface area contributed by atoms with E-state index in [9.17, 15) is 0 Å². The fourth-order valence-electron chi connectivity index (χ4n) is 1.87. The van der Waals surface area contributed by atoms with E-state index in [1.807, 2.05) is 22.8 Å². The molecule has 0 spiro atoms. The Morgan fingerprint density at radius 3 is 2.94 bits per heavy atom. The predicted molar refractivity (Wildman–Crippen MR) is 70.3 cm³/mol. The van der Waals surface area contributed by atoms with Crippen molar-refractivity contribution in [2.24, 2.45) is 0 Å². The third kappa shape index (κ3) is 1.78. The maximum atomic E-state index is 6.09. The second kappa shape index (κ2) is 4.27. The number of aromatic nitrogens is 4. The van der Waals surface area contributed by atoms with E-state index in [-0.39, 0.29) is 0 Å². The van der Waals surface area contributed by atoms with E-state index < -0.39 is 0 Å². The second-order valence-electron chi connectivity index (χ2n) is 3.86. The van der Waals surface area contributed by atoms with E-state index >= 15 is 0 Å². The first-order chi connectivity index (χ1) is 8.75. The molecule has 0 saturated heterocycles. The number of nitrogens with zero attached hydrogens (tertiary/aromatic N) is 4. The topological polar surface area (TPSA) is 69.6 Å². The van der Waals surface area contributed by atoms with Gasteiger partial charge in [0.2, 0.25) is 5.95 Å². The van der Waals surface area contributed by atoms with Crippen LogP contribution in [0.25, 0.3) is 11.0 Å². The maximum absolute atomic E-state index is 6.09. The zero-order valence-electron chi connectivity index (χ0n) is 9.42. The first-order valence-corrected chi connectivity index (χ1v) is 5.78. The summed E-state index contributed by atoms with van der Waals surface area (Å²) >= 11 is 6.09. The van der Waals surface area contributed by atoms with Gasteiger partial charge in [0.25, 0.3) is 0 Å². The average molecular weight is 260 g/mol. The van der Waals surface area contributed by atoms with Gasteiger partial charge in [-0.25, -0.2) is 15.0 Å². The van der Waals surface area contributed by atoms with Gasteiger partial charge in [0, 0.05) is 6.20 Å². The third-order valence-electron chi connectivity index (χ3n) is 2.72. The molecular formula is C12H10ClN5. The van der Waals surface area contributed by atoms with Crippen LogP contribution in [0.4, 0.5) is 5.95 Å². The summed E-state index contributed by atoms with van der Waals surface area (Å²) in [6.45, 7) is 0.547. The molecule has 0 unspecified atom stereocenters. The Morgan fingerprint density at radius 1 is 1.28 bits per heavy atom. The van der Waals surface area contributed by atoms with E-state index in [1.54, 1.807) is 12.3 Å². The molecule has 0 atom stereocenters. The number of halogens is 1. The predicted octanol–water partition coefficient (Wildman–Crippen LogP) is 2.11. The summed E-state index contributed by atoms with van der Waals surface area (Å²) in [7, 11) is 0. The van der Waals surface area contributed by atoms with Crippen molar-refractivity contribution >= 4 is 28.6 Å². The minimum absolute atomic E-state index is 0.428. The van der Waals surface area contributed by atoms with Crippen LogP contribution in [0.3, 0.4) is 0 Å². The number of para-hydroxylation sites is 1. The molecule has 3 rings (SSSR count). The molecule has 2 aromatic heterocycles. The van der Waals surface area contributed by atoms with Gasteiger partial charge in [0.1, 0.15) is 11.8 Å². The van der Waals surface area contributed by atoms with E-state index in [0.717, 1.165) is 11.2 Å². The highest BCUT2D eigenvalue weighted by Crippen LogP contribution is 2.25. The summed E-state index contributed by atoms with van der Waals surface area (Å²) in [5.74, 6) is 0.428. The van der Waals surface area contributed by atoms with Gasteiger partial charge in [-0.1, -0.05) is 17.7 Å². The van der Waals surface area contributed by atoms with Crippen LogP contribution >= 0.6 is 11.6 Å². The molecule has 0 saturated carbocycles. The van der Waals surface area contributed by atoms with Crippen LogP contribution in [0, 0.1) is 0 Å². The number of hydrogen-bond donors (Lipinski definition) is 1. The van der Waals surface area contributed by atoms with Crippen LogP contribution in [0.5, 0.6) is 0 Å². The van der Waals surface area contributed by atoms with Crippen molar-refractivity contribution in [3.05, 3.63) is 47.5 Å². The normalized spacial score (nSPS) is 10.9. The van der Waals surface area contributed by atoms with Crippen LogP contribution in [0.15, 0.2) is 36.8 Å². The van der Waals surface area contributed by atoms with Gasteiger partial charge >= 0.3 is 0 Å². The molecule has 0 aliphatic heterocycles. The molecule has 2 N–H and O–H groups in total. The summed E-state index contributed by atoms with van der Waals surface area (Å²) in [6, 6.07) is 7.45. The Kier molecular flexibility index (Phi) is 2.60. The van der Waals surface area contributed by atoms with Crippen LogP contribution in [0.2, 0.25) is 5.02 Å².